The molecule has 0 fully saturated rings. The van der Waals surface area contributed by atoms with E-state index in [9.17, 15) is 19.8 Å². The topological polar surface area (TPSA) is 95.9 Å². The molecule has 0 rings (SSSR count). The van der Waals surface area contributed by atoms with E-state index in [0.717, 1.165) is 70.6 Å². The number of aliphatic hydroxyl groups excluding tert-OH is 2. The van der Waals surface area contributed by atoms with Crippen LogP contribution < -0.4 is 5.32 Å². The predicted molar refractivity (Wildman–Crippen MR) is 236 cm³/mol. The third kappa shape index (κ3) is 41.8. The SMILES string of the molecule is CCCCC/C=C\C/C=C\CCCCCCCC(=O)OCCCCCCCCCCCCCC(=O)NC(CO)C(O)CCCCCCCCCCCCCC. The van der Waals surface area contributed by atoms with Gasteiger partial charge in [-0.25, -0.2) is 0 Å². The number of carbonyl (C=O) groups is 2. The summed E-state index contributed by atoms with van der Waals surface area (Å²) in [5.41, 5.74) is 0. The van der Waals surface area contributed by atoms with Gasteiger partial charge in [0, 0.05) is 12.8 Å². The molecule has 2 atom stereocenters. The van der Waals surface area contributed by atoms with Gasteiger partial charge in [0.25, 0.3) is 0 Å². The standard InChI is InChI=1S/C49H93NO5/c1-3-5-7-9-11-13-15-17-18-19-23-27-31-35-39-43-49(54)55-44-40-36-32-28-24-20-22-26-30-34-38-42-48(53)50-46(45-51)47(52)41-37-33-29-25-21-16-14-12-10-8-6-4-2/h11,13,17-18,46-47,51-52H,3-10,12,14-16,19-45H2,1-2H3,(H,50,53)/b13-11-,18-17-. The Labute approximate surface area is 341 Å². The van der Waals surface area contributed by atoms with Crippen molar-refractivity contribution in [1.82, 2.24) is 5.32 Å². The highest BCUT2D eigenvalue weighted by atomic mass is 16.5. The van der Waals surface area contributed by atoms with Gasteiger partial charge in [-0.2, -0.15) is 0 Å². The van der Waals surface area contributed by atoms with Crippen molar-refractivity contribution in [1.29, 1.82) is 0 Å². The van der Waals surface area contributed by atoms with Crippen molar-refractivity contribution in [2.24, 2.45) is 0 Å². The quantitative estimate of drug-likeness (QED) is 0.0325. The molecule has 0 aromatic heterocycles. The summed E-state index contributed by atoms with van der Waals surface area (Å²) in [5.74, 6) is -0.0840. The summed E-state index contributed by atoms with van der Waals surface area (Å²) in [6, 6.07) is -0.555. The van der Waals surface area contributed by atoms with Gasteiger partial charge in [0.1, 0.15) is 0 Å². The molecule has 6 heteroatoms. The first-order valence-electron chi connectivity index (χ1n) is 24.1. The molecule has 0 bridgehead atoms. The molecule has 6 nitrogen and oxygen atoms in total. The van der Waals surface area contributed by atoms with Gasteiger partial charge >= 0.3 is 5.97 Å². The van der Waals surface area contributed by atoms with Crippen LogP contribution in [-0.4, -0.2) is 47.4 Å². The highest BCUT2D eigenvalue weighted by Gasteiger charge is 2.20. The summed E-state index contributed by atoms with van der Waals surface area (Å²) >= 11 is 0. The Morgan fingerprint density at radius 3 is 1.42 bits per heavy atom. The molecule has 0 radical (unpaired) electrons. The zero-order valence-electron chi connectivity index (χ0n) is 36.7. The van der Waals surface area contributed by atoms with Crippen molar-refractivity contribution in [3.63, 3.8) is 0 Å². The Kier molecular flexibility index (Phi) is 43.7. The van der Waals surface area contributed by atoms with E-state index in [1.807, 2.05) is 0 Å². The number of amides is 1. The minimum absolute atomic E-state index is 0.0281. The van der Waals surface area contributed by atoms with Gasteiger partial charge in [0.2, 0.25) is 5.91 Å². The van der Waals surface area contributed by atoms with Crippen molar-refractivity contribution < 1.29 is 24.5 Å². The number of nitrogens with one attached hydrogen (secondary N) is 1. The van der Waals surface area contributed by atoms with E-state index in [0.29, 0.717) is 25.9 Å². The van der Waals surface area contributed by atoms with E-state index in [2.05, 4.69) is 43.5 Å². The second-order valence-electron chi connectivity index (χ2n) is 16.4. The lowest BCUT2D eigenvalue weighted by Gasteiger charge is -2.22. The number of carbonyl (C=O) groups excluding carboxylic acids is 2. The summed E-state index contributed by atoms with van der Waals surface area (Å²) in [7, 11) is 0. The number of allylic oxidation sites excluding steroid dienone is 4. The van der Waals surface area contributed by atoms with Crippen molar-refractivity contribution in [2.45, 2.75) is 264 Å². The fourth-order valence-corrected chi connectivity index (χ4v) is 7.26. The molecule has 0 aliphatic heterocycles. The zero-order valence-corrected chi connectivity index (χ0v) is 36.7. The summed E-state index contributed by atoms with van der Waals surface area (Å²) in [4.78, 5) is 24.4. The average molecular weight is 776 g/mol. The van der Waals surface area contributed by atoms with Crippen LogP contribution in [-0.2, 0) is 14.3 Å². The Balaban J connectivity index is 3.48. The molecule has 0 saturated carbocycles. The molecule has 324 valence electrons. The van der Waals surface area contributed by atoms with Crippen LogP contribution in [0.5, 0.6) is 0 Å². The van der Waals surface area contributed by atoms with E-state index in [-0.39, 0.29) is 18.5 Å². The van der Waals surface area contributed by atoms with Gasteiger partial charge in [0.15, 0.2) is 0 Å². The first-order chi connectivity index (χ1) is 27.0. The van der Waals surface area contributed by atoms with Crippen molar-refractivity contribution in [3.8, 4) is 0 Å². The molecule has 0 aromatic rings. The van der Waals surface area contributed by atoms with Crippen molar-refractivity contribution in [2.75, 3.05) is 13.2 Å². The maximum absolute atomic E-state index is 12.4. The number of rotatable bonds is 44. The van der Waals surface area contributed by atoms with E-state index < -0.39 is 12.1 Å². The fraction of sp³-hybridized carbons (Fsp3) is 0.878. The van der Waals surface area contributed by atoms with E-state index >= 15 is 0 Å². The second kappa shape index (κ2) is 45.0. The van der Waals surface area contributed by atoms with Gasteiger partial charge in [0.05, 0.1) is 25.4 Å². The van der Waals surface area contributed by atoms with Crippen molar-refractivity contribution >= 4 is 11.9 Å². The summed E-state index contributed by atoms with van der Waals surface area (Å²) in [6.45, 7) is 4.86. The molecule has 0 aromatic carbocycles. The largest absolute Gasteiger partial charge is 0.466 e. The Hall–Kier alpha value is -1.66. The molecule has 0 aliphatic rings. The maximum atomic E-state index is 12.4. The summed E-state index contributed by atoms with van der Waals surface area (Å²) in [6.07, 6.45) is 51.3. The lowest BCUT2D eigenvalue weighted by Crippen LogP contribution is -2.45. The lowest BCUT2D eigenvalue weighted by atomic mass is 10.0. The highest BCUT2D eigenvalue weighted by Crippen LogP contribution is 2.16. The molecule has 3 N–H and O–H groups in total. The Bertz CT molecular complexity index is 858. The number of esters is 1. The minimum Gasteiger partial charge on any atom is -0.466 e. The van der Waals surface area contributed by atoms with Crippen LogP contribution in [0.1, 0.15) is 251 Å². The molecule has 2 unspecified atom stereocenters. The Morgan fingerprint density at radius 1 is 0.509 bits per heavy atom. The van der Waals surface area contributed by atoms with Gasteiger partial charge in [-0.1, -0.05) is 205 Å². The van der Waals surface area contributed by atoms with Crippen LogP contribution in [0.25, 0.3) is 0 Å². The van der Waals surface area contributed by atoms with E-state index in [1.165, 1.54) is 148 Å². The molecule has 55 heavy (non-hydrogen) atoms. The fourth-order valence-electron chi connectivity index (χ4n) is 7.26. The van der Waals surface area contributed by atoms with Gasteiger partial charge < -0.3 is 20.3 Å². The number of unbranched alkanes of at least 4 members (excludes halogenated alkanes) is 29. The predicted octanol–water partition coefficient (Wildman–Crippen LogP) is 14.0. The monoisotopic (exact) mass is 776 g/mol. The summed E-state index contributed by atoms with van der Waals surface area (Å²) in [5, 5.41) is 23.1. The number of aliphatic hydroxyl groups is 2. The second-order valence-corrected chi connectivity index (χ2v) is 16.4. The third-order valence-electron chi connectivity index (χ3n) is 11.0. The number of hydrogen-bond donors (Lipinski definition) is 3. The smallest absolute Gasteiger partial charge is 0.305 e. The molecule has 0 spiro atoms. The first kappa shape index (κ1) is 53.3. The van der Waals surface area contributed by atoms with Gasteiger partial charge in [-0.05, 0) is 57.8 Å². The van der Waals surface area contributed by atoms with Gasteiger partial charge in [-0.3, -0.25) is 9.59 Å². The van der Waals surface area contributed by atoms with Crippen LogP contribution in [0.3, 0.4) is 0 Å². The maximum Gasteiger partial charge on any atom is 0.305 e. The molecular weight excluding hydrogens is 683 g/mol. The molecule has 0 saturated heterocycles. The average Bonchev–Trinajstić information content (AvgIpc) is 3.18. The van der Waals surface area contributed by atoms with Crippen molar-refractivity contribution in [3.05, 3.63) is 24.3 Å². The molecule has 0 aliphatic carbocycles. The molecule has 1 amide bonds. The summed E-state index contributed by atoms with van der Waals surface area (Å²) < 4.78 is 5.44. The van der Waals surface area contributed by atoms with Crippen LogP contribution in [0, 0.1) is 0 Å². The van der Waals surface area contributed by atoms with Crippen LogP contribution >= 0.6 is 0 Å². The van der Waals surface area contributed by atoms with Crippen LogP contribution in [0.4, 0.5) is 0 Å². The molecular formula is C49H93NO5. The normalized spacial score (nSPS) is 12.9. The van der Waals surface area contributed by atoms with E-state index in [4.69, 9.17) is 4.74 Å². The van der Waals surface area contributed by atoms with Crippen LogP contribution in [0.2, 0.25) is 0 Å². The van der Waals surface area contributed by atoms with E-state index in [1.54, 1.807) is 0 Å². The van der Waals surface area contributed by atoms with Gasteiger partial charge in [-0.15, -0.1) is 0 Å². The Morgan fingerprint density at radius 2 is 0.909 bits per heavy atom. The minimum atomic E-state index is -0.676. The highest BCUT2D eigenvalue weighted by molar-refractivity contribution is 5.76. The number of hydrogen-bond acceptors (Lipinski definition) is 5. The molecule has 0 heterocycles. The van der Waals surface area contributed by atoms with Crippen LogP contribution in [0.15, 0.2) is 24.3 Å². The zero-order chi connectivity index (χ0) is 40.1. The third-order valence-corrected chi connectivity index (χ3v) is 11.0. The first-order valence-corrected chi connectivity index (χ1v) is 24.1. The number of ether oxygens (including phenoxy) is 1. The lowest BCUT2D eigenvalue weighted by molar-refractivity contribution is -0.143.